The van der Waals surface area contributed by atoms with Crippen LogP contribution in [0, 0.1) is 6.92 Å². The van der Waals surface area contributed by atoms with Gasteiger partial charge in [-0.05, 0) is 32.0 Å². The van der Waals surface area contributed by atoms with Crippen LogP contribution in [0.15, 0.2) is 66.0 Å². The number of thioether (sulfide) groups is 1. The van der Waals surface area contributed by atoms with Crippen LogP contribution in [-0.2, 0) is 4.87 Å². The zero-order valence-corrected chi connectivity index (χ0v) is 16.2. The lowest BCUT2D eigenvalue weighted by Gasteiger charge is -2.23. The van der Waals surface area contributed by atoms with E-state index in [1.807, 2.05) is 30.5 Å². The number of hydrogen-bond acceptors (Lipinski definition) is 6. The Balaban J connectivity index is 1.63. The minimum atomic E-state index is -0.457. The molecule has 3 heterocycles. The Hall–Kier alpha value is -2.86. The molecule has 4 rings (SSSR count). The summed E-state index contributed by atoms with van der Waals surface area (Å²) in [5.41, 5.74) is 8.33. The maximum absolute atomic E-state index is 5.56. The molecule has 0 saturated carbocycles. The standard InChI is InChI=1S/C21H20N4OS/c1-14-6-8-15(9-7-14)20-24-25-21(2,27-20)18-11-10-17(19(23-18)26-3)16-5-4-12-22-13-16/h4-13,25H,1-3H3. The van der Waals surface area contributed by atoms with E-state index in [0.29, 0.717) is 5.88 Å². The van der Waals surface area contributed by atoms with Gasteiger partial charge in [0.1, 0.15) is 9.91 Å². The highest BCUT2D eigenvalue weighted by Crippen LogP contribution is 2.41. The van der Waals surface area contributed by atoms with E-state index in [-0.39, 0.29) is 0 Å². The van der Waals surface area contributed by atoms with Crippen molar-refractivity contribution in [2.45, 2.75) is 18.7 Å². The number of hydrazone groups is 1. The van der Waals surface area contributed by atoms with Crippen LogP contribution in [-0.4, -0.2) is 22.1 Å². The third kappa shape index (κ3) is 3.40. The lowest BCUT2D eigenvalue weighted by molar-refractivity contribution is 0.394. The van der Waals surface area contributed by atoms with Gasteiger partial charge in [-0.2, -0.15) is 5.10 Å². The lowest BCUT2D eigenvalue weighted by atomic mass is 10.1. The van der Waals surface area contributed by atoms with E-state index < -0.39 is 4.87 Å². The molecule has 1 aliphatic heterocycles. The number of pyridine rings is 2. The highest BCUT2D eigenvalue weighted by molar-refractivity contribution is 8.15. The number of aromatic nitrogens is 2. The first-order valence-corrected chi connectivity index (χ1v) is 9.47. The van der Waals surface area contributed by atoms with Crippen LogP contribution in [0.25, 0.3) is 11.1 Å². The van der Waals surface area contributed by atoms with Gasteiger partial charge in [0.15, 0.2) is 0 Å². The number of nitrogens with zero attached hydrogens (tertiary/aromatic N) is 3. The SMILES string of the molecule is COc1nc(C2(C)NN=C(c3ccc(C)cc3)S2)ccc1-c1cccnc1. The Kier molecular flexibility index (Phi) is 4.58. The summed E-state index contributed by atoms with van der Waals surface area (Å²) in [7, 11) is 1.64. The molecule has 0 saturated heterocycles. The molecule has 136 valence electrons. The van der Waals surface area contributed by atoms with Crippen molar-refractivity contribution in [1.29, 1.82) is 0 Å². The molecular weight excluding hydrogens is 356 g/mol. The van der Waals surface area contributed by atoms with Crippen LogP contribution in [0.3, 0.4) is 0 Å². The Bertz CT molecular complexity index is 989. The average Bonchev–Trinajstić information content (AvgIpc) is 3.12. The van der Waals surface area contributed by atoms with E-state index in [2.05, 4.69) is 53.6 Å². The fourth-order valence-corrected chi connectivity index (χ4v) is 3.97. The molecule has 0 aliphatic carbocycles. The topological polar surface area (TPSA) is 59.4 Å². The van der Waals surface area contributed by atoms with E-state index in [1.165, 1.54) is 5.56 Å². The van der Waals surface area contributed by atoms with Gasteiger partial charge in [0.25, 0.3) is 0 Å². The van der Waals surface area contributed by atoms with Crippen molar-refractivity contribution in [2.24, 2.45) is 5.10 Å². The number of aryl methyl sites for hydroxylation is 1. The predicted octanol–water partition coefficient (Wildman–Crippen LogP) is 4.33. The van der Waals surface area contributed by atoms with Gasteiger partial charge in [-0.25, -0.2) is 4.98 Å². The average molecular weight is 376 g/mol. The number of hydrogen-bond donors (Lipinski definition) is 1. The zero-order chi connectivity index (χ0) is 18.9. The smallest absolute Gasteiger partial charge is 0.221 e. The molecule has 27 heavy (non-hydrogen) atoms. The second kappa shape index (κ2) is 7.04. The zero-order valence-electron chi connectivity index (χ0n) is 15.4. The fourth-order valence-electron chi connectivity index (χ4n) is 2.93. The van der Waals surface area contributed by atoms with Gasteiger partial charge in [-0.1, -0.05) is 47.7 Å². The van der Waals surface area contributed by atoms with E-state index in [9.17, 15) is 0 Å². The first-order chi connectivity index (χ1) is 13.1. The number of benzene rings is 1. The molecule has 0 amide bonds. The van der Waals surface area contributed by atoms with Crippen LogP contribution in [0.1, 0.15) is 23.7 Å². The quantitative estimate of drug-likeness (QED) is 0.734. The minimum absolute atomic E-state index is 0.457. The maximum Gasteiger partial charge on any atom is 0.221 e. The van der Waals surface area contributed by atoms with Gasteiger partial charge in [-0.15, -0.1) is 0 Å². The molecule has 1 atom stereocenters. The molecule has 1 aliphatic rings. The first-order valence-electron chi connectivity index (χ1n) is 8.66. The molecular formula is C21H20N4OS. The van der Waals surface area contributed by atoms with Gasteiger partial charge in [-0.3, -0.25) is 10.4 Å². The Morgan fingerprint density at radius 3 is 2.56 bits per heavy atom. The van der Waals surface area contributed by atoms with E-state index in [4.69, 9.17) is 9.72 Å². The summed E-state index contributed by atoms with van der Waals surface area (Å²) < 4.78 is 5.56. The number of methoxy groups -OCH3 is 1. The van der Waals surface area contributed by atoms with Crippen LogP contribution in [0.5, 0.6) is 5.88 Å². The van der Waals surface area contributed by atoms with Crippen LogP contribution < -0.4 is 10.2 Å². The summed E-state index contributed by atoms with van der Waals surface area (Å²) in [6, 6.07) is 16.3. The summed E-state index contributed by atoms with van der Waals surface area (Å²) in [6.07, 6.45) is 3.56. The van der Waals surface area contributed by atoms with Crippen molar-refractivity contribution in [3.8, 4) is 17.0 Å². The molecule has 6 heteroatoms. The number of nitrogens with one attached hydrogen (secondary N) is 1. The van der Waals surface area contributed by atoms with E-state index in [0.717, 1.165) is 27.4 Å². The maximum atomic E-state index is 5.56. The van der Waals surface area contributed by atoms with E-state index in [1.54, 1.807) is 25.1 Å². The molecule has 1 unspecified atom stereocenters. The molecule has 2 aromatic heterocycles. The minimum Gasteiger partial charge on any atom is -0.481 e. The highest BCUT2D eigenvalue weighted by Gasteiger charge is 2.36. The van der Waals surface area contributed by atoms with Crippen molar-refractivity contribution in [2.75, 3.05) is 7.11 Å². The van der Waals surface area contributed by atoms with Crippen molar-refractivity contribution in [3.05, 3.63) is 77.7 Å². The van der Waals surface area contributed by atoms with Crippen LogP contribution >= 0.6 is 11.8 Å². The summed E-state index contributed by atoms with van der Waals surface area (Å²) in [4.78, 5) is 8.48. The van der Waals surface area contributed by atoms with Crippen LogP contribution in [0.4, 0.5) is 0 Å². The second-order valence-electron chi connectivity index (χ2n) is 6.53. The van der Waals surface area contributed by atoms with Gasteiger partial charge in [0.2, 0.25) is 5.88 Å². The van der Waals surface area contributed by atoms with Crippen molar-refractivity contribution in [3.63, 3.8) is 0 Å². The Morgan fingerprint density at radius 2 is 1.85 bits per heavy atom. The van der Waals surface area contributed by atoms with E-state index >= 15 is 0 Å². The highest BCUT2D eigenvalue weighted by atomic mass is 32.2. The lowest BCUT2D eigenvalue weighted by Crippen LogP contribution is -2.30. The second-order valence-corrected chi connectivity index (χ2v) is 7.93. The molecule has 1 aromatic carbocycles. The predicted molar refractivity (Wildman–Crippen MR) is 110 cm³/mol. The fraction of sp³-hybridized carbons (Fsp3) is 0.190. The van der Waals surface area contributed by atoms with Gasteiger partial charge in [0.05, 0.1) is 12.8 Å². The normalized spacial score (nSPS) is 18.7. The monoisotopic (exact) mass is 376 g/mol. The summed E-state index contributed by atoms with van der Waals surface area (Å²) in [5.74, 6) is 0.577. The molecule has 0 fully saturated rings. The Morgan fingerprint density at radius 1 is 1.04 bits per heavy atom. The van der Waals surface area contributed by atoms with Gasteiger partial charge in [0, 0.05) is 29.1 Å². The molecule has 5 nitrogen and oxygen atoms in total. The molecule has 0 spiro atoms. The van der Waals surface area contributed by atoms with Crippen molar-refractivity contribution in [1.82, 2.24) is 15.4 Å². The van der Waals surface area contributed by atoms with Crippen molar-refractivity contribution >= 4 is 16.8 Å². The Labute approximate surface area is 162 Å². The third-order valence-electron chi connectivity index (χ3n) is 4.49. The van der Waals surface area contributed by atoms with Crippen molar-refractivity contribution < 1.29 is 4.74 Å². The van der Waals surface area contributed by atoms with Crippen LogP contribution in [0.2, 0.25) is 0 Å². The summed E-state index contributed by atoms with van der Waals surface area (Å²) in [6.45, 7) is 4.16. The van der Waals surface area contributed by atoms with Gasteiger partial charge >= 0.3 is 0 Å². The number of rotatable bonds is 4. The number of ether oxygens (including phenoxy) is 1. The first kappa shape index (κ1) is 17.5. The summed E-state index contributed by atoms with van der Waals surface area (Å²) in [5, 5.41) is 5.49. The third-order valence-corrected chi connectivity index (χ3v) is 5.71. The van der Waals surface area contributed by atoms with Gasteiger partial charge < -0.3 is 4.74 Å². The molecule has 0 radical (unpaired) electrons. The largest absolute Gasteiger partial charge is 0.481 e. The summed E-state index contributed by atoms with van der Waals surface area (Å²) >= 11 is 1.65. The molecule has 1 N–H and O–H groups in total. The molecule has 3 aromatic rings. The molecule has 0 bridgehead atoms.